The van der Waals surface area contributed by atoms with Crippen molar-refractivity contribution in [3.05, 3.63) is 42.5 Å². The molecular formula is C16H19NO4S. The summed E-state index contributed by atoms with van der Waals surface area (Å²) in [4.78, 5) is 11.4. The molecule has 0 amide bonds. The zero-order valence-corrected chi connectivity index (χ0v) is 13.3. The molecule has 6 heteroatoms. The highest BCUT2D eigenvalue weighted by molar-refractivity contribution is 7.89. The van der Waals surface area contributed by atoms with Gasteiger partial charge < -0.3 is 5.11 Å². The van der Waals surface area contributed by atoms with Gasteiger partial charge in [-0.15, -0.1) is 0 Å². The van der Waals surface area contributed by atoms with Crippen LogP contribution in [0.25, 0.3) is 10.8 Å². The minimum absolute atomic E-state index is 0.0974. The van der Waals surface area contributed by atoms with E-state index in [1.54, 1.807) is 25.1 Å². The van der Waals surface area contributed by atoms with Crippen LogP contribution in [0.3, 0.4) is 0 Å². The van der Waals surface area contributed by atoms with Crippen molar-refractivity contribution in [3.8, 4) is 0 Å². The van der Waals surface area contributed by atoms with Gasteiger partial charge in [0, 0.05) is 5.39 Å². The van der Waals surface area contributed by atoms with Gasteiger partial charge in [-0.2, -0.15) is 4.72 Å². The summed E-state index contributed by atoms with van der Waals surface area (Å²) in [5.41, 5.74) is 0. The monoisotopic (exact) mass is 321 g/mol. The molecule has 0 fully saturated rings. The van der Waals surface area contributed by atoms with Crippen molar-refractivity contribution in [2.75, 3.05) is 0 Å². The first-order valence-electron chi connectivity index (χ1n) is 7.09. The molecule has 2 atom stereocenters. The molecule has 0 heterocycles. The maximum absolute atomic E-state index is 12.6. The Morgan fingerprint density at radius 3 is 2.45 bits per heavy atom. The minimum atomic E-state index is -3.92. The topological polar surface area (TPSA) is 83.5 Å². The van der Waals surface area contributed by atoms with Crippen LogP contribution in [0.2, 0.25) is 0 Å². The normalized spacial score (nSPS) is 14.6. The van der Waals surface area contributed by atoms with Gasteiger partial charge in [-0.05, 0) is 17.4 Å². The van der Waals surface area contributed by atoms with Gasteiger partial charge in [0.25, 0.3) is 0 Å². The number of hydrogen-bond donors (Lipinski definition) is 2. The highest BCUT2D eigenvalue weighted by Gasteiger charge is 2.30. The predicted molar refractivity (Wildman–Crippen MR) is 85.1 cm³/mol. The molecule has 0 saturated carbocycles. The van der Waals surface area contributed by atoms with Crippen molar-refractivity contribution in [2.45, 2.75) is 31.2 Å². The van der Waals surface area contributed by atoms with Gasteiger partial charge >= 0.3 is 5.97 Å². The standard InChI is InChI=1S/C16H19NO4S/c1-3-11(2)15(16(18)19)17-22(20,21)14-10-6-8-12-7-4-5-9-13(12)14/h4-11,15,17H,3H2,1-2H3,(H,18,19)/t11?,15-/m0/s1. The SMILES string of the molecule is CCC(C)[C@H](NS(=O)(=O)c1cccc2ccccc12)C(=O)O. The van der Waals surface area contributed by atoms with Gasteiger partial charge in [-0.25, -0.2) is 8.42 Å². The van der Waals surface area contributed by atoms with Crippen LogP contribution in [0.4, 0.5) is 0 Å². The third-order valence-corrected chi connectivity index (χ3v) is 5.30. The second-order valence-electron chi connectivity index (χ2n) is 5.30. The Morgan fingerprint density at radius 2 is 1.82 bits per heavy atom. The third-order valence-electron chi connectivity index (χ3n) is 3.80. The van der Waals surface area contributed by atoms with Crippen molar-refractivity contribution in [2.24, 2.45) is 5.92 Å². The summed E-state index contributed by atoms with van der Waals surface area (Å²) in [5.74, 6) is -1.47. The maximum atomic E-state index is 12.6. The average Bonchev–Trinajstić information content (AvgIpc) is 2.51. The van der Waals surface area contributed by atoms with Crippen LogP contribution < -0.4 is 4.72 Å². The fourth-order valence-corrected chi connectivity index (χ4v) is 3.83. The smallest absolute Gasteiger partial charge is 0.322 e. The maximum Gasteiger partial charge on any atom is 0.322 e. The van der Waals surface area contributed by atoms with Gasteiger partial charge in [-0.1, -0.05) is 56.7 Å². The molecule has 2 N–H and O–H groups in total. The van der Waals surface area contributed by atoms with Crippen LogP contribution >= 0.6 is 0 Å². The lowest BCUT2D eigenvalue weighted by Gasteiger charge is -2.20. The number of hydrogen-bond acceptors (Lipinski definition) is 3. The van der Waals surface area contributed by atoms with Gasteiger partial charge in [0.15, 0.2) is 0 Å². The van der Waals surface area contributed by atoms with Crippen LogP contribution in [0.15, 0.2) is 47.4 Å². The quantitative estimate of drug-likeness (QED) is 0.856. The van der Waals surface area contributed by atoms with Crippen molar-refractivity contribution in [1.82, 2.24) is 4.72 Å². The third kappa shape index (κ3) is 3.28. The van der Waals surface area contributed by atoms with E-state index in [0.29, 0.717) is 11.8 Å². The first-order valence-corrected chi connectivity index (χ1v) is 8.58. The van der Waals surface area contributed by atoms with Crippen LogP contribution in [0, 0.1) is 5.92 Å². The van der Waals surface area contributed by atoms with Gasteiger partial charge in [0.2, 0.25) is 10.0 Å². The summed E-state index contributed by atoms with van der Waals surface area (Å²) in [6, 6.07) is 10.9. The zero-order chi connectivity index (χ0) is 16.3. The van der Waals surface area contributed by atoms with Crippen LogP contribution in [-0.2, 0) is 14.8 Å². The van der Waals surface area contributed by atoms with Gasteiger partial charge in [0.05, 0.1) is 4.90 Å². The predicted octanol–water partition coefficient (Wildman–Crippen LogP) is 2.62. The summed E-state index contributed by atoms with van der Waals surface area (Å²) >= 11 is 0. The highest BCUT2D eigenvalue weighted by Crippen LogP contribution is 2.23. The van der Waals surface area contributed by atoms with Crippen molar-refractivity contribution in [3.63, 3.8) is 0 Å². The molecule has 0 radical (unpaired) electrons. The fourth-order valence-electron chi connectivity index (χ4n) is 2.31. The van der Waals surface area contributed by atoms with E-state index in [2.05, 4.69) is 4.72 Å². The van der Waals surface area contributed by atoms with E-state index in [1.165, 1.54) is 6.07 Å². The Morgan fingerprint density at radius 1 is 1.18 bits per heavy atom. The lowest BCUT2D eigenvalue weighted by atomic mass is 10.0. The molecule has 118 valence electrons. The molecule has 2 aromatic rings. The Hall–Kier alpha value is -1.92. The van der Waals surface area contributed by atoms with Crippen LogP contribution in [-0.4, -0.2) is 25.5 Å². The van der Waals surface area contributed by atoms with Gasteiger partial charge in [0.1, 0.15) is 6.04 Å². The molecule has 2 aromatic carbocycles. The Bertz CT molecular complexity index is 780. The van der Waals surface area contributed by atoms with E-state index in [0.717, 1.165) is 5.39 Å². The molecule has 0 bridgehead atoms. The fraction of sp³-hybridized carbons (Fsp3) is 0.312. The number of sulfonamides is 1. The van der Waals surface area contributed by atoms with E-state index in [1.807, 2.05) is 25.1 Å². The van der Waals surface area contributed by atoms with Crippen molar-refractivity contribution in [1.29, 1.82) is 0 Å². The number of carboxylic acid groups (broad SMARTS) is 1. The lowest BCUT2D eigenvalue weighted by molar-refractivity contribution is -0.140. The average molecular weight is 321 g/mol. The molecule has 1 unspecified atom stereocenters. The molecule has 0 aliphatic heterocycles. The lowest BCUT2D eigenvalue weighted by Crippen LogP contribution is -2.44. The summed E-state index contributed by atoms with van der Waals surface area (Å²) in [7, 11) is -3.92. The number of rotatable bonds is 6. The molecule has 0 spiro atoms. The highest BCUT2D eigenvalue weighted by atomic mass is 32.2. The Labute approximate surface area is 130 Å². The summed E-state index contributed by atoms with van der Waals surface area (Å²) < 4.78 is 27.5. The van der Waals surface area contributed by atoms with E-state index in [-0.39, 0.29) is 10.8 Å². The number of carboxylic acids is 1. The Balaban J connectivity index is 2.47. The summed E-state index contributed by atoms with van der Waals surface area (Å²) in [6.45, 7) is 3.54. The summed E-state index contributed by atoms with van der Waals surface area (Å²) in [5, 5.41) is 10.6. The number of carbonyl (C=O) groups is 1. The number of aliphatic carboxylic acids is 1. The molecule has 0 aromatic heterocycles. The molecule has 0 saturated heterocycles. The Kier molecular flexibility index (Phi) is 4.83. The first-order chi connectivity index (χ1) is 10.4. The number of fused-ring (bicyclic) bond motifs is 1. The van der Waals surface area contributed by atoms with Crippen LogP contribution in [0.5, 0.6) is 0 Å². The minimum Gasteiger partial charge on any atom is -0.480 e. The molecule has 5 nitrogen and oxygen atoms in total. The van der Waals surface area contributed by atoms with Crippen molar-refractivity contribution >= 4 is 26.8 Å². The molecule has 0 aliphatic rings. The molecular weight excluding hydrogens is 302 g/mol. The zero-order valence-electron chi connectivity index (χ0n) is 12.5. The number of benzene rings is 2. The first kappa shape index (κ1) is 16.5. The molecule has 0 aliphatic carbocycles. The molecule has 2 rings (SSSR count). The van der Waals surface area contributed by atoms with E-state index >= 15 is 0 Å². The van der Waals surface area contributed by atoms with Crippen molar-refractivity contribution < 1.29 is 18.3 Å². The summed E-state index contributed by atoms with van der Waals surface area (Å²) in [6.07, 6.45) is 0.565. The number of nitrogens with one attached hydrogen (secondary N) is 1. The van der Waals surface area contributed by atoms with Gasteiger partial charge in [-0.3, -0.25) is 4.79 Å². The second-order valence-corrected chi connectivity index (χ2v) is 6.98. The van der Waals surface area contributed by atoms with E-state index < -0.39 is 22.0 Å². The van der Waals surface area contributed by atoms with E-state index in [9.17, 15) is 18.3 Å². The molecule has 22 heavy (non-hydrogen) atoms. The second kappa shape index (κ2) is 6.46. The van der Waals surface area contributed by atoms with E-state index in [4.69, 9.17) is 0 Å². The van der Waals surface area contributed by atoms with Crippen LogP contribution in [0.1, 0.15) is 20.3 Å². The largest absolute Gasteiger partial charge is 0.480 e.